The van der Waals surface area contributed by atoms with Gasteiger partial charge in [0.25, 0.3) is 0 Å². The Morgan fingerprint density at radius 1 is 1.00 bits per heavy atom. The van der Waals surface area contributed by atoms with Crippen LogP contribution in [-0.2, 0) is 0 Å². The molecule has 1 unspecified atom stereocenters. The molecule has 0 heterocycles. The molecule has 0 saturated heterocycles. The molecule has 0 N–H and O–H groups in total. The summed E-state index contributed by atoms with van der Waals surface area (Å²) in [6.07, 6.45) is 12.6. The van der Waals surface area contributed by atoms with Crippen LogP contribution in [0.5, 0.6) is 0 Å². The zero-order chi connectivity index (χ0) is 13.1. The van der Waals surface area contributed by atoms with E-state index >= 15 is 0 Å². The van der Waals surface area contributed by atoms with Crippen LogP contribution in [-0.4, -0.2) is 0 Å². The van der Waals surface area contributed by atoms with Gasteiger partial charge in [0.1, 0.15) is 0 Å². The minimum atomic E-state index is 0.697. The highest BCUT2D eigenvalue weighted by atomic mass is 14.1. The summed E-state index contributed by atoms with van der Waals surface area (Å²) in [5.74, 6) is 0.697. The number of hydrogen-bond acceptors (Lipinski definition) is 0. The molecule has 1 aromatic carbocycles. The van der Waals surface area contributed by atoms with Crippen LogP contribution in [0.25, 0.3) is 0 Å². The molecule has 0 heteroatoms. The summed E-state index contributed by atoms with van der Waals surface area (Å²) in [6.45, 7) is 4.62. The minimum Gasteiger partial charge on any atom is -0.0654 e. The third kappa shape index (κ3) is 6.83. The Balaban J connectivity index is 1.98. The fourth-order valence-electron chi connectivity index (χ4n) is 2.46. The largest absolute Gasteiger partial charge is 0.0654 e. The average molecular weight is 245 g/mol. The van der Waals surface area contributed by atoms with Crippen LogP contribution >= 0.6 is 0 Å². The van der Waals surface area contributed by atoms with Gasteiger partial charge in [-0.25, -0.2) is 0 Å². The lowest BCUT2D eigenvalue weighted by Crippen LogP contribution is -1.93. The smallest absolute Gasteiger partial charge is 0.0181 e. The average Bonchev–Trinajstić information content (AvgIpc) is 2.42. The Bertz CT molecular complexity index is 275. The first kappa shape index (κ1) is 15.3. The van der Waals surface area contributed by atoms with Crippen molar-refractivity contribution < 1.29 is 0 Å². The van der Waals surface area contributed by atoms with Crippen molar-refractivity contribution in [2.24, 2.45) is 0 Å². The van der Waals surface area contributed by atoms with Gasteiger partial charge in [-0.1, -0.05) is 89.5 Å². The van der Waals surface area contributed by atoms with Gasteiger partial charge in [-0.2, -0.15) is 0 Å². The standard InChI is InChI=1S/C18H29/c1-3-4-5-6-7-8-9-11-14-17(2)18-15-12-10-13-16-18/h10,12,15-17H,3-9,11,14H2,1-2H3. The van der Waals surface area contributed by atoms with Crippen molar-refractivity contribution in [2.45, 2.75) is 77.6 Å². The Morgan fingerprint density at radius 3 is 2.28 bits per heavy atom. The molecule has 1 atom stereocenters. The van der Waals surface area contributed by atoms with Crippen LogP contribution in [0.15, 0.2) is 24.3 Å². The Morgan fingerprint density at radius 2 is 1.67 bits per heavy atom. The van der Waals surface area contributed by atoms with Gasteiger partial charge < -0.3 is 0 Å². The molecule has 0 fully saturated rings. The zero-order valence-electron chi connectivity index (χ0n) is 12.3. The second kappa shape index (κ2) is 10.2. The van der Waals surface area contributed by atoms with Crippen molar-refractivity contribution in [3.8, 4) is 0 Å². The molecule has 1 radical (unpaired) electrons. The molecule has 1 aromatic rings. The maximum atomic E-state index is 3.17. The summed E-state index contributed by atoms with van der Waals surface area (Å²) in [7, 11) is 0. The predicted octanol–water partition coefficient (Wildman–Crippen LogP) is 6.12. The summed E-state index contributed by atoms with van der Waals surface area (Å²) in [5.41, 5.74) is 1.44. The predicted molar refractivity (Wildman–Crippen MR) is 80.9 cm³/mol. The van der Waals surface area contributed by atoms with Crippen molar-refractivity contribution in [3.63, 3.8) is 0 Å². The number of unbranched alkanes of at least 4 members (excludes halogenated alkanes) is 7. The highest BCUT2D eigenvalue weighted by Gasteiger charge is 2.03. The summed E-state index contributed by atoms with van der Waals surface area (Å²) >= 11 is 0. The van der Waals surface area contributed by atoms with Gasteiger partial charge in [0, 0.05) is 0 Å². The van der Waals surface area contributed by atoms with Crippen molar-refractivity contribution in [2.75, 3.05) is 0 Å². The molecule has 0 amide bonds. The van der Waals surface area contributed by atoms with E-state index in [0.29, 0.717) is 5.92 Å². The minimum absolute atomic E-state index is 0.697. The summed E-state index contributed by atoms with van der Waals surface area (Å²) in [4.78, 5) is 0. The van der Waals surface area contributed by atoms with E-state index in [4.69, 9.17) is 0 Å². The first-order chi connectivity index (χ1) is 8.84. The van der Waals surface area contributed by atoms with Gasteiger partial charge >= 0.3 is 0 Å². The van der Waals surface area contributed by atoms with E-state index < -0.39 is 0 Å². The van der Waals surface area contributed by atoms with Gasteiger partial charge in [-0.3, -0.25) is 0 Å². The van der Waals surface area contributed by atoms with Gasteiger partial charge in [-0.15, -0.1) is 0 Å². The lowest BCUT2D eigenvalue weighted by atomic mass is 9.95. The highest BCUT2D eigenvalue weighted by molar-refractivity contribution is 5.17. The van der Waals surface area contributed by atoms with Crippen LogP contribution in [0.1, 0.15) is 83.1 Å². The highest BCUT2D eigenvalue weighted by Crippen LogP contribution is 2.21. The van der Waals surface area contributed by atoms with E-state index in [1.807, 2.05) is 6.07 Å². The number of hydrogen-bond donors (Lipinski definition) is 0. The summed E-state index contributed by atoms with van der Waals surface area (Å²) in [5, 5.41) is 0. The number of rotatable bonds is 10. The summed E-state index contributed by atoms with van der Waals surface area (Å²) in [6, 6.07) is 11.6. The SMILES string of the molecule is CCCCCCCCCCC(C)c1c[c]ccc1. The van der Waals surface area contributed by atoms with Gasteiger partial charge in [0.2, 0.25) is 0 Å². The number of benzene rings is 1. The van der Waals surface area contributed by atoms with Crippen LogP contribution in [0.2, 0.25) is 0 Å². The van der Waals surface area contributed by atoms with Crippen molar-refractivity contribution in [1.29, 1.82) is 0 Å². The van der Waals surface area contributed by atoms with Crippen LogP contribution in [0, 0.1) is 6.07 Å². The fraction of sp³-hybridized carbons (Fsp3) is 0.667. The van der Waals surface area contributed by atoms with Crippen LogP contribution in [0.3, 0.4) is 0 Å². The summed E-state index contributed by atoms with van der Waals surface area (Å²) < 4.78 is 0. The molecular weight excluding hydrogens is 216 g/mol. The molecular formula is C18H29. The lowest BCUT2D eigenvalue weighted by Gasteiger charge is -2.11. The first-order valence-corrected chi connectivity index (χ1v) is 7.80. The second-order valence-electron chi connectivity index (χ2n) is 5.50. The maximum Gasteiger partial charge on any atom is -0.0181 e. The monoisotopic (exact) mass is 245 g/mol. The van der Waals surface area contributed by atoms with E-state index in [0.717, 1.165) is 0 Å². The Labute approximate surface area is 114 Å². The van der Waals surface area contributed by atoms with E-state index in [1.54, 1.807) is 0 Å². The normalized spacial score (nSPS) is 12.6. The van der Waals surface area contributed by atoms with Crippen LogP contribution < -0.4 is 0 Å². The molecule has 101 valence electrons. The lowest BCUT2D eigenvalue weighted by molar-refractivity contribution is 0.543. The van der Waals surface area contributed by atoms with Crippen molar-refractivity contribution >= 4 is 0 Å². The van der Waals surface area contributed by atoms with E-state index in [9.17, 15) is 0 Å². The Hall–Kier alpha value is -0.780. The van der Waals surface area contributed by atoms with E-state index in [2.05, 4.69) is 38.1 Å². The molecule has 18 heavy (non-hydrogen) atoms. The first-order valence-electron chi connectivity index (χ1n) is 7.80. The fourth-order valence-corrected chi connectivity index (χ4v) is 2.46. The third-order valence-electron chi connectivity index (χ3n) is 3.79. The third-order valence-corrected chi connectivity index (χ3v) is 3.79. The zero-order valence-corrected chi connectivity index (χ0v) is 12.3. The Kier molecular flexibility index (Phi) is 8.63. The molecule has 0 nitrogen and oxygen atoms in total. The van der Waals surface area contributed by atoms with Gasteiger partial charge in [0.15, 0.2) is 0 Å². The molecule has 0 aliphatic rings. The maximum absolute atomic E-state index is 3.17. The molecule has 0 spiro atoms. The molecule has 0 aliphatic carbocycles. The van der Waals surface area contributed by atoms with E-state index in [-0.39, 0.29) is 0 Å². The molecule has 0 aromatic heterocycles. The van der Waals surface area contributed by atoms with Crippen molar-refractivity contribution in [3.05, 3.63) is 35.9 Å². The van der Waals surface area contributed by atoms with Crippen LogP contribution in [0.4, 0.5) is 0 Å². The quantitative estimate of drug-likeness (QED) is 0.435. The van der Waals surface area contributed by atoms with Crippen molar-refractivity contribution in [1.82, 2.24) is 0 Å². The topological polar surface area (TPSA) is 0 Å². The second-order valence-corrected chi connectivity index (χ2v) is 5.50. The molecule has 0 bridgehead atoms. The molecule has 1 rings (SSSR count). The molecule has 0 aliphatic heterocycles. The molecule has 0 saturated carbocycles. The van der Waals surface area contributed by atoms with E-state index in [1.165, 1.54) is 63.4 Å². The van der Waals surface area contributed by atoms with Gasteiger partial charge in [0.05, 0.1) is 0 Å². The van der Waals surface area contributed by atoms with Gasteiger partial charge in [-0.05, 0) is 24.0 Å².